The van der Waals surface area contributed by atoms with Gasteiger partial charge in [0.25, 0.3) is 5.91 Å². The Hall–Kier alpha value is -1.01. The first kappa shape index (κ1) is 12.4. The number of ether oxygens (including phenoxy) is 1. The van der Waals surface area contributed by atoms with Gasteiger partial charge in [-0.1, -0.05) is 0 Å². The van der Waals surface area contributed by atoms with Gasteiger partial charge in [-0.2, -0.15) is 0 Å². The molecule has 0 spiro atoms. The van der Waals surface area contributed by atoms with Gasteiger partial charge in [0.2, 0.25) is 0 Å². The molecule has 4 nitrogen and oxygen atoms in total. The van der Waals surface area contributed by atoms with Crippen molar-refractivity contribution in [2.75, 3.05) is 13.2 Å². The summed E-state index contributed by atoms with van der Waals surface area (Å²) in [5, 5.41) is 2.76. The second kappa shape index (κ2) is 5.55. The lowest BCUT2D eigenvalue weighted by atomic mass is 10.1. The van der Waals surface area contributed by atoms with Crippen molar-refractivity contribution in [2.45, 2.75) is 18.9 Å². The van der Waals surface area contributed by atoms with Crippen LogP contribution in [-0.4, -0.2) is 30.1 Å². The van der Waals surface area contributed by atoms with Gasteiger partial charge in [0.15, 0.2) is 11.5 Å². The standard InChI is InChI=1S/C11H12BrFN2O2/c12-7-5-9(13)10(14-6-7)11(16)15-8-1-3-17-4-2-8/h5-6,8H,1-4H2,(H,15,16). The number of pyridine rings is 1. The summed E-state index contributed by atoms with van der Waals surface area (Å²) in [5.74, 6) is -1.09. The van der Waals surface area contributed by atoms with Crippen molar-refractivity contribution in [1.82, 2.24) is 10.3 Å². The average Bonchev–Trinajstić information content (AvgIpc) is 2.30. The number of hydrogen-bond donors (Lipinski definition) is 1. The maximum atomic E-state index is 13.5. The number of nitrogens with zero attached hydrogens (tertiary/aromatic N) is 1. The number of carbonyl (C=O) groups excluding carboxylic acids is 1. The van der Waals surface area contributed by atoms with E-state index in [-0.39, 0.29) is 11.7 Å². The molecule has 0 atom stereocenters. The summed E-state index contributed by atoms with van der Waals surface area (Å²) < 4.78 is 19.2. The fourth-order valence-electron chi connectivity index (χ4n) is 1.68. The Balaban J connectivity index is 2.03. The van der Waals surface area contributed by atoms with Crippen LogP contribution in [0, 0.1) is 5.82 Å². The summed E-state index contributed by atoms with van der Waals surface area (Å²) in [5.41, 5.74) is -0.167. The minimum absolute atomic E-state index is 0.0427. The number of nitrogens with one attached hydrogen (secondary N) is 1. The van der Waals surface area contributed by atoms with Crippen molar-refractivity contribution in [3.05, 3.63) is 28.2 Å². The molecule has 1 aromatic rings. The highest BCUT2D eigenvalue weighted by Crippen LogP contribution is 2.13. The van der Waals surface area contributed by atoms with Crippen molar-refractivity contribution < 1.29 is 13.9 Å². The van der Waals surface area contributed by atoms with Crippen molar-refractivity contribution >= 4 is 21.8 Å². The molecular formula is C11H12BrFN2O2. The number of aromatic nitrogens is 1. The lowest BCUT2D eigenvalue weighted by molar-refractivity contribution is 0.0692. The van der Waals surface area contributed by atoms with Crippen LogP contribution in [0.15, 0.2) is 16.7 Å². The summed E-state index contributed by atoms with van der Waals surface area (Å²) >= 11 is 3.09. The second-order valence-corrected chi connectivity index (χ2v) is 4.76. The molecule has 1 aromatic heterocycles. The summed E-state index contributed by atoms with van der Waals surface area (Å²) in [4.78, 5) is 15.6. The molecule has 17 heavy (non-hydrogen) atoms. The van der Waals surface area contributed by atoms with Gasteiger partial charge < -0.3 is 10.1 Å². The minimum atomic E-state index is -0.621. The molecule has 0 unspecified atom stereocenters. The zero-order valence-electron chi connectivity index (χ0n) is 9.08. The van der Waals surface area contributed by atoms with Gasteiger partial charge >= 0.3 is 0 Å². The van der Waals surface area contributed by atoms with E-state index in [9.17, 15) is 9.18 Å². The highest BCUT2D eigenvalue weighted by Gasteiger charge is 2.20. The van der Waals surface area contributed by atoms with Crippen LogP contribution in [0.2, 0.25) is 0 Å². The van der Waals surface area contributed by atoms with Crippen LogP contribution >= 0.6 is 15.9 Å². The largest absolute Gasteiger partial charge is 0.381 e. The molecule has 1 aliphatic rings. The van der Waals surface area contributed by atoms with E-state index in [0.29, 0.717) is 17.7 Å². The van der Waals surface area contributed by atoms with Crippen molar-refractivity contribution in [3.63, 3.8) is 0 Å². The number of hydrogen-bond acceptors (Lipinski definition) is 3. The molecular weight excluding hydrogens is 291 g/mol. The predicted octanol–water partition coefficient (Wildman–Crippen LogP) is 1.89. The van der Waals surface area contributed by atoms with Crippen molar-refractivity contribution in [3.8, 4) is 0 Å². The first-order chi connectivity index (χ1) is 8.16. The summed E-state index contributed by atoms with van der Waals surface area (Å²) in [6.07, 6.45) is 2.91. The Morgan fingerprint density at radius 1 is 1.53 bits per heavy atom. The third-order valence-corrected chi connectivity index (χ3v) is 3.01. The van der Waals surface area contributed by atoms with Gasteiger partial charge in [0.1, 0.15) is 0 Å². The maximum Gasteiger partial charge on any atom is 0.273 e. The molecule has 1 N–H and O–H groups in total. The summed E-state index contributed by atoms with van der Waals surface area (Å²) in [6.45, 7) is 1.25. The van der Waals surface area contributed by atoms with Gasteiger partial charge in [-0.05, 0) is 34.8 Å². The molecule has 1 aliphatic heterocycles. The van der Waals surface area contributed by atoms with E-state index >= 15 is 0 Å². The lowest BCUT2D eigenvalue weighted by Gasteiger charge is -2.22. The SMILES string of the molecule is O=C(NC1CCOCC1)c1ncc(Br)cc1F. The molecule has 0 bridgehead atoms. The summed E-state index contributed by atoms with van der Waals surface area (Å²) in [7, 11) is 0. The molecule has 2 heterocycles. The first-order valence-corrected chi connectivity index (χ1v) is 6.16. The zero-order valence-corrected chi connectivity index (χ0v) is 10.7. The normalized spacial score (nSPS) is 16.8. The molecule has 0 radical (unpaired) electrons. The predicted molar refractivity (Wildman–Crippen MR) is 63.2 cm³/mol. The molecule has 0 saturated carbocycles. The van der Waals surface area contributed by atoms with E-state index < -0.39 is 11.7 Å². The molecule has 2 rings (SSSR count). The lowest BCUT2D eigenvalue weighted by Crippen LogP contribution is -2.39. The third kappa shape index (κ3) is 3.23. The van der Waals surface area contributed by atoms with E-state index in [0.717, 1.165) is 12.8 Å². The topological polar surface area (TPSA) is 51.2 Å². The molecule has 0 aromatic carbocycles. The zero-order chi connectivity index (χ0) is 12.3. The smallest absolute Gasteiger partial charge is 0.273 e. The van der Waals surface area contributed by atoms with E-state index in [1.165, 1.54) is 12.3 Å². The quantitative estimate of drug-likeness (QED) is 0.908. The highest BCUT2D eigenvalue weighted by molar-refractivity contribution is 9.10. The Bertz CT molecular complexity index is 422. The number of halogens is 2. The first-order valence-electron chi connectivity index (χ1n) is 5.36. The third-order valence-electron chi connectivity index (χ3n) is 2.58. The Morgan fingerprint density at radius 3 is 2.88 bits per heavy atom. The molecule has 1 amide bonds. The monoisotopic (exact) mass is 302 g/mol. The Labute approximate surface area is 107 Å². The van der Waals surface area contributed by atoms with E-state index in [1.54, 1.807) is 0 Å². The Kier molecular flexibility index (Phi) is 4.06. The summed E-state index contributed by atoms with van der Waals surface area (Å²) in [6, 6.07) is 1.27. The van der Waals surface area contributed by atoms with Crippen molar-refractivity contribution in [2.24, 2.45) is 0 Å². The van der Waals surface area contributed by atoms with E-state index in [4.69, 9.17) is 4.74 Å². The number of carbonyl (C=O) groups is 1. The number of amides is 1. The Morgan fingerprint density at radius 2 is 2.24 bits per heavy atom. The van der Waals surface area contributed by atoms with Crippen LogP contribution < -0.4 is 5.32 Å². The van der Waals surface area contributed by atoms with Crippen LogP contribution in [0.3, 0.4) is 0 Å². The number of rotatable bonds is 2. The van der Waals surface area contributed by atoms with Gasteiger partial charge in [-0.3, -0.25) is 4.79 Å². The van der Waals surface area contributed by atoms with Gasteiger partial charge in [-0.15, -0.1) is 0 Å². The van der Waals surface area contributed by atoms with Crippen LogP contribution in [0.5, 0.6) is 0 Å². The molecule has 1 fully saturated rings. The van der Waals surface area contributed by atoms with Crippen LogP contribution in [0.25, 0.3) is 0 Å². The van der Waals surface area contributed by atoms with Crippen LogP contribution in [-0.2, 0) is 4.74 Å². The fourth-order valence-corrected chi connectivity index (χ4v) is 1.98. The molecule has 0 aliphatic carbocycles. The van der Waals surface area contributed by atoms with Gasteiger partial charge in [0.05, 0.1) is 0 Å². The van der Waals surface area contributed by atoms with Crippen LogP contribution in [0.1, 0.15) is 23.3 Å². The molecule has 6 heteroatoms. The van der Waals surface area contributed by atoms with E-state index in [1.807, 2.05) is 0 Å². The highest BCUT2D eigenvalue weighted by atomic mass is 79.9. The van der Waals surface area contributed by atoms with E-state index in [2.05, 4.69) is 26.2 Å². The average molecular weight is 303 g/mol. The maximum absolute atomic E-state index is 13.5. The fraction of sp³-hybridized carbons (Fsp3) is 0.455. The minimum Gasteiger partial charge on any atom is -0.381 e. The second-order valence-electron chi connectivity index (χ2n) is 3.84. The van der Waals surface area contributed by atoms with Gasteiger partial charge in [-0.25, -0.2) is 9.37 Å². The van der Waals surface area contributed by atoms with Crippen molar-refractivity contribution in [1.29, 1.82) is 0 Å². The van der Waals surface area contributed by atoms with Gasteiger partial charge in [0, 0.05) is 29.9 Å². The van der Waals surface area contributed by atoms with Crippen LogP contribution in [0.4, 0.5) is 4.39 Å². The molecule has 1 saturated heterocycles. The molecule has 92 valence electrons.